The largest absolute Gasteiger partial charge is 0.494 e. The highest BCUT2D eigenvalue weighted by Crippen LogP contribution is 2.24. The Bertz CT molecular complexity index is 1210. The molecule has 0 amide bonds. The Balaban J connectivity index is 1.09. The molecule has 0 unspecified atom stereocenters. The molecule has 0 spiro atoms. The van der Waals surface area contributed by atoms with Crippen LogP contribution in [0, 0.1) is 0 Å². The minimum absolute atomic E-state index is 0.263. The van der Waals surface area contributed by atoms with Gasteiger partial charge < -0.3 is 24.4 Å². The fourth-order valence-corrected chi connectivity index (χ4v) is 4.55. The fraction of sp³-hybridized carbons (Fsp3) is 0.290. The number of benzene rings is 4. The van der Waals surface area contributed by atoms with Crippen molar-refractivity contribution in [2.24, 2.45) is 0 Å². The maximum absolute atomic E-state index is 6.22. The van der Waals surface area contributed by atoms with Crippen LogP contribution in [0.15, 0.2) is 97.1 Å². The number of piperazine rings is 1. The Morgan fingerprint density at radius 3 is 2.39 bits per heavy atom. The van der Waals surface area contributed by atoms with Crippen LogP contribution >= 0.6 is 0 Å². The van der Waals surface area contributed by atoms with E-state index in [1.54, 1.807) is 0 Å². The average Bonchev–Trinajstić information content (AvgIpc) is 2.95. The van der Waals surface area contributed by atoms with Crippen LogP contribution in [0.3, 0.4) is 0 Å². The van der Waals surface area contributed by atoms with Crippen LogP contribution in [0.5, 0.6) is 11.5 Å². The third kappa shape index (κ3) is 6.56. The Morgan fingerprint density at radius 2 is 1.53 bits per heavy atom. The third-order valence-electron chi connectivity index (χ3n) is 6.50. The fourth-order valence-electron chi connectivity index (χ4n) is 4.55. The van der Waals surface area contributed by atoms with Gasteiger partial charge in [-0.1, -0.05) is 60.7 Å². The normalized spacial score (nSPS) is 15.7. The monoisotopic (exact) mass is 482 g/mol. The lowest BCUT2D eigenvalue weighted by Crippen LogP contribution is -2.54. The summed E-state index contributed by atoms with van der Waals surface area (Å²) in [6.07, 6.45) is 0.862. The van der Waals surface area contributed by atoms with Crippen LogP contribution < -0.4 is 19.7 Å². The van der Waals surface area contributed by atoms with E-state index >= 15 is 0 Å². The van der Waals surface area contributed by atoms with E-state index in [-0.39, 0.29) is 6.04 Å². The molecular formula is C31H34N2O3. The molecule has 0 saturated carbocycles. The van der Waals surface area contributed by atoms with Gasteiger partial charge in [-0.3, -0.25) is 0 Å². The SMILES string of the molecule is c1ccc(COCCCOc2ccc(N3CCNC[C@@H]3COc3ccc4ccccc4c3)cc2)cc1. The van der Waals surface area contributed by atoms with Gasteiger partial charge in [-0.15, -0.1) is 0 Å². The summed E-state index contributed by atoms with van der Waals surface area (Å²) in [7, 11) is 0. The van der Waals surface area contributed by atoms with E-state index in [9.17, 15) is 0 Å². The van der Waals surface area contributed by atoms with E-state index in [0.29, 0.717) is 26.4 Å². The molecule has 0 radical (unpaired) electrons. The van der Waals surface area contributed by atoms with Crippen molar-refractivity contribution in [2.45, 2.75) is 19.1 Å². The maximum Gasteiger partial charge on any atom is 0.120 e. The summed E-state index contributed by atoms with van der Waals surface area (Å²) in [6.45, 7) is 5.42. The number of hydrogen-bond acceptors (Lipinski definition) is 5. The zero-order chi connectivity index (χ0) is 24.4. The van der Waals surface area contributed by atoms with Gasteiger partial charge in [0.05, 0.1) is 25.9 Å². The summed E-state index contributed by atoms with van der Waals surface area (Å²) < 4.78 is 17.9. The number of anilines is 1. The van der Waals surface area contributed by atoms with Gasteiger partial charge in [-0.05, 0) is 52.7 Å². The second kappa shape index (κ2) is 12.4. The number of ether oxygens (including phenoxy) is 3. The van der Waals surface area contributed by atoms with E-state index in [1.165, 1.54) is 22.0 Å². The lowest BCUT2D eigenvalue weighted by atomic mass is 10.1. The Morgan fingerprint density at radius 1 is 0.750 bits per heavy atom. The van der Waals surface area contributed by atoms with Crippen molar-refractivity contribution in [1.29, 1.82) is 0 Å². The topological polar surface area (TPSA) is 43.0 Å². The van der Waals surface area contributed by atoms with Crippen LogP contribution in [-0.2, 0) is 11.3 Å². The number of hydrogen-bond donors (Lipinski definition) is 1. The summed E-state index contributed by atoms with van der Waals surface area (Å²) in [5.74, 6) is 1.80. The molecular weight excluding hydrogens is 448 g/mol. The van der Waals surface area contributed by atoms with E-state index in [0.717, 1.165) is 37.6 Å². The van der Waals surface area contributed by atoms with Crippen LogP contribution in [0.4, 0.5) is 5.69 Å². The molecule has 1 aliphatic heterocycles. The van der Waals surface area contributed by atoms with Gasteiger partial charge in [0.25, 0.3) is 0 Å². The van der Waals surface area contributed by atoms with Crippen LogP contribution in [0.1, 0.15) is 12.0 Å². The van der Waals surface area contributed by atoms with Crippen molar-refractivity contribution < 1.29 is 14.2 Å². The molecule has 4 aromatic rings. The van der Waals surface area contributed by atoms with Crippen molar-refractivity contribution in [3.63, 3.8) is 0 Å². The third-order valence-corrected chi connectivity index (χ3v) is 6.50. The van der Waals surface area contributed by atoms with Crippen molar-refractivity contribution in [3.05, 3.63) is 103 Å². The molecule has 186 valence electrons. The zero-order valence-electron chi connectivity index (χ0n) is 20.6. The second-order valence-corrected chi connectivity index (χ2v) is 9.11. The standard InChI is InChI=1S/C31H34N2O3/c1-2-7-25(8-3-1)23-34-19-6-20-35-30-15-12-28(13-16-30)33-18-17-32-22-29(33)24-36-31-14-11-26-9-4-5-10-27(26)21-31/h1-5,7-16,21,29,32H,6,17-20,22-24H2/t29-/m1/s1. The first-order chi connectivity index (χ1) is 17.8. The molecule has 1 N–H and O–H groups in total. The summed E-state index contributed by atoms with van der Waals surface area (Å²) >= 11 is 0. The predicted molar refractivity (Wildman–Crippen MR) is 146 cm³/mol. The molecule has 5 rings (SSSR count). The molecule has 0 aromatic heterocycles. The van der Waals surface area contributed by atoms with Gasteiger partial charge in [-0.2, -0.15) is 0 Å². The zero-order valence-corrected chi connectivity index (χ0v) is 20.6. The van der Waals surface area contributed by atoms with Crippen molar-refractivity contribution in [1.82, 2.24) is 5.32 Å². The molecule has 0 bridgehead atoms. The van der Waals surface area contributed by atoms with Gasteiger partial charge in [0.15, 0.2) is 0 Å². The molecule has 5 heteroatoms. The maximum atomic E-state index is 6.22. The van der Waals surface area contributed by atoms with Gasteiger partial charge in [0, 0.05) is 31.7 Å². The highest BCUT2D eigenvalue weighted by molar-refractivity contribution is 5.83. The van der Waals surface area contributed by atoms with E-state index in [2.05, 4.69) is 89.1 Å². The van der Waals surface area contributed by atoms with Crippen LogP contribution in [-0.4, -0.2) is 45.5 Å². The van der Waals surface area contributed by atoms with Crippen molar-refractivity contribution in [3.8, 4) is 11.5 Å². The summed E-state index contributed by atoms with van der Waals surface area (Å²) in [5, 5.41) is 5.94. The smallest absolute Gasteiger partial charge is 0.120 e. The Hall–Kier alpha value is -3.54. The lowest BCUT2D eigenvalue weighted by Gasteiger charge is -2.37. The minimum atomic E-state index is 0.263. The Kier molecular flexibility index (Phi) is 8.34. The molecule has 1 aliphatic rings. The molecule has 36 heavy (non-hydrogen) atoms. The van der Waals surface area contributed by atoms with Crippen LogP contribution in [0.2, 0.25) is 0 Å². The molecule has 4 aromatic carbocycles. The van der Waals surface area contributed by atoms with Gasteiger partial charge in [-0.25, -0.2) is 0 Å². The molecule has 1 fully saturated rings. The molecule has 1 atom stereocenters. The molecule has 5 nitrogen and oxygen atoms in total. The number of rotatable bonds is 11. The van der Waals surface area contributed by atoms with Crippen LogP contribution in [0.25, 0.3) is 10.8 Å². The highest BCUT2D eigenvalue weighted by atomic mass is 16.5. The second-order valence-electron chi connectivity index (χ2n) is 9.11. The minimum Gasteiger partial charge on any atom is -0.494 e. The number of nitrogens with zero attached hydrogens (tertiary/aromatic N) is 1. The summed E-state index contributed by atoms with van der Waals surface area (Å²) in [4.78, 5) is 2.43. The molecule has 1 heterocycles. The number of nitrogens with one attached hydrogen (secondary N) is 1. The Labute approximate surface area is 213 Å². The van der Waals surface area contributed by atoms with Gasteiger partial charge >= 0.3 is 0 Å². The van der Waals surface area contributed by atoms with Crippen molar-refractivity contribution >= 4 is 16.5 Å². The highest BCUT2D eigenvalue weighted by Gasteiger charge is 2.23. The molecule has 1 saturated heterocycles. The summed E-state index contributed by atoms with van der Waals surface area (Å²) in [5.41, 5.74) is 2.39. The van der Waals surface area contributed by atoms with E-state index in [1.807, 2.05) is 18.2 Å². The first kappa shape index (κ1) is 24.2. The predicted octanol–water partition coefficient (Wildman–Crippen LogP) is 5.68. The average molecular weight is 483 g/mol. The van der Waals surface area contributed by atoms with Gasteiger partial charge in [0.1, 0.15) is 18.1 Å². The first-order valence-electron chi connectivity index (χ1n) is 12.8. The van der Waals surface area contributed by atoms with Gasteiger partial charge in [0.2, 0.25) is 0 Å². The summed E-state index contributed by atoms with van der Waals surface area (Å²) in [6, 6.07) is 33.6. The molecule has 0 aliphatic carbocycles. The quantitative estimate of drug-likeness (QED) is 0.279. The van der Waals surface area contributed by atoms with E-state index in [4.69, 9.17) is 14.2 Å². The lowest BCUT2D eigenvalue weighted by molar-refractivity contribution is 0.107. The first-order valence-corrected chi connectivity index (χ1v) is 12.8. The van der Waals surface area contributed by atoms with Crippen molar-refractivity contribution in [2.75, 3.05) is 44.4 Å². The van der Waals surface area contributed by atoms with E-state index < -0.39 is 0 Å². The number of fused-ring (bicyclic) bond motifs is 1.